The van der Waals surface area contributed by atoms with E-state index < -0.39 is 0 Å². The molecule has 1 unspecified atom stereocenters. The highest BCUT2D eigenvalue weighted by atomic mass is 16.3. The number of amides is 2. The van der Waals surface area contributed by atoms with Gasteiger partial charge in [-0.1, -0.05) is 48.5 Å². The molecule has 1 aliphatic heterocycles. The number of likely N-dealkylation sites (tertiary alicyclic amines) is 1. The Morgan fingerprint density at radius 1 is 1.07 bits per heavy atom. The fourth-order valence-electron chi connectivity index (χ4n) is 3.82. The minimum atomic E-state index is -0.196. The third-order valence-electron chi connectivity index (χ3n) is 5.63. The van der Waals surface area contributed by atoms with Gasteiger partial charge in [-0.3, -0.25) is 9.59 Å². The molecule has 2 amide bonds. The van der Waals surface area contributed by atoms with E-state index in [0.717, 1.165) is 22.3 Å². The molecule has 5 heteroatoms. The molecule has 1 aliphatic rings. The van der Waals surface area contributed by atoms with Crippen LogP contribution in [0.15, 0.2) is 71.2 Å². The molecular weight excluding hydrogens is 376 g/mol. The topological polar surface area (TPSA) is 62.6 Å². The molecule has 1 fully saturated rings. The van der Waals surface area contributed by atoms with Gasteiger partial charge in [-0.05, 0) is 43.5 Å². The van der Waals surface area contributed by atoms with Gasteiger partial charge < -0.3 is 14.6 Å². The number of benzene rings is 2. The Labute approximate surface area is 176 Å². The molecule has 30 heavy (non-hydrogen) atoms. The molecule has 2 aromatic carbocycles. The van der Waals surface area contributed by atoms with Crippen LogP contribution in [0.4, 0.5) is 0 Å². The van der Waals surface area contributed by atoms with Crippen molar-refractivity contribution in [2.75, 3.05) is 13.1 Å². The second-order valence-electron chi connectivity index (χ2n) is 7.76. The van der Waals surface area contributed by atoms with E-state index in [2.05, 4.69) is 5.32 Å². The molecule has 0 aliphatic carbocycles. The Morgan fingerprint density at radius 3 is 2.50 bits per heavy atom. The Morgan fingerprint density at radius 2 is 1.77 bits per heavy atom. The standard InChI is InChI=1S/C25H26N2O3/c1-18(23-17-21-9-5-6-10-22(21)30-23)26-25(29)20-13-15-27(16-14-20)24(28)12-11-19-7-3-2-4-8-19/h2-12,17-18,20H,13-16H2,1H3,(H,26,29). The summed E-state index contributed by atoms with van der Waals surface area (Å²) in [6.45, 7) is 3.12. The maximum absolute atomic E-state index is 12.7. The van der Waals surface area contributed by atoms with Gasteiger partial charge in [-0.25, -0.2) is 0 Å². The predicted octanol–water partition coefficient (Wildman–Crippen LogP) is 4.56. The second kappa shape index (κ2) is 8.99. The van der Waals surface area contributed by atoms with Crippen molar-refractivity contribution in [2.45, 2.75) is 25.8 Å². The molecule has 1 aromatic heterocycles. The average molecular weight is 402 g/mol. The molecule has 0 radical (unpaired) electrons. The maximum atomic E-state index is 12.7. The van der Waals surface area contributed by atoms with Crippen LogP contribution in [0, 0.1) is 5.92 Å². The number of hydrogen-bond donors (Lipinski definition) is 1. The summed E-state index contributed by atoms with van der Waals surface area (Å²) in [5.74, 6) is 0.686. The van der Waals surface area contributed by atoms with Gasteiger partial charge in [0.15, 0.2) is 0 Å². The summed E-state index contributed by atoms with van der Waals surface area (Å²) in [4.78, 5) is 26.9. The van der Waals surface area contributed by atoms with Crippen LogP contribution in [-0.4, -0.2) is 29.8 Å². The fourth-order valence-corrected chi connectivity index (χ4v) is 3.82. The number of furan rings is 1. The number of fused-ring (bicyclic) bond motifs is 1. The van der Waals surface area contributed by atoms with E-state index in [9.17, 15) is 9.59 Å². The summed E-state index contributed by atoms with van der Waals surface area (Å²) < 4.78 is 5.85. The van der Waals surface area contributed by atoms with Gasteiger partial charge in [0.2, 0.25) is 11.8 Å². The van der Waals surface area contributed by atoms with Crippen LogP contribution in [0.5, 0.6) is 0 Å². The number of para-hydroxylation sites is 1. The van der Waals surface area contributed by atoms with Crippen LogP contribution in [0.1, 0.15) is 37.1 Å². The van der Waals surface area contributed by atoms with Crippen LogP contribution in [0.2, 0.25) is 0 Å². The highest BCUT2D eigenvalue weighted by Gasteiger charge is 2.28. The zero-order valence-corrected chi connectivity index (χ0v) is 17.1. The monoisotopic (exact) mass is 402 g/mol. The second-order valence-corrected chi connectivity index (χ2v) is 7.76. The molecule has 0 spiro atoms. The molecule has 154 valence electrons. The van der Waals surface area contributed by atoms with E-state index in [1.165, 1.54) is 0 Å². The highest BCUT2D eigenvalue weighted by molar-refractivity contribution is 5.92. The van der Waals surface area contributed by atoms with Crippen molar-refractivity contribution >= 4 is 28.9 Å². The smallest absolute Gasteiger partial charge is 0.246 e. The van der Waals surface area contributed by atoms with Crippen LogP contribution in [-0.2, 0) is 9.59 Å². The number of hydrogen-bond acceptors (Lipinski definition) is 3. The number of nitrogens with zero attached hydrogens (tertiary/aromatic N) is 1. The largest absolute Gasteiger partial charge is 0.459 e. The van der Waals surface area contributed by atoms with Crippen LogP contribution in [0.25, 0.3) is 17.0 Å². The molecule has 0 bridgehead atoms. The predicted molar refractivity (Wildman–Crippen MR) is 118 cm³/mol. The first-order valence-corrected chi connectivity index (χ1v) is 10.4. The number of rotatable bonds is 5. The summed E-state index contributed by atoms with van der Waals surface area (Å²) in [6.07, 6.45) is 4.78. The lowest BCUT2D eigenvalue weighted by atomic mass is 9.95. The number of piperidine rings is 1. The normalized spacial score (nSPS) is 16.1. The van der Waals surface area contributed by atoms with Crippen molar-refractivity contribution in [3.05, 3.63) is 78.1 Å². The first-order valence-electron chi connectivity index (χ1n) is 10.4. The molecule has 1 N–H and O–H groups in total. The van der Waals surface area contributed by atoms with Crippen molar-refractivity contribution in [3.63, 3.8) is 0 Å². The van der Waals surface area contributed by atoms with E-state index in [1.807, 2.05) is 78.6 Å². The number of carbonyl (C=O) groups is 2. The third-order valence-corrected chi connectivity index (χ3v) is 5.63. The molecule has 1 saturated heterocycles. The van der Waals surface area contributed by atoms with Gasteiger partial charge in [0.1, 0.15) is 11.3 Å². The van der Waals surface area contributed by atoms with E-state index in [-0.39, 0.29) is 23.8 Å². The SMILES string of the molecule is CC(NC(=O)C1CCN(C(=O)C=Cc2ccccc2)CC1)c1cc2ccccc2o1. The summed E-state index contributed by atoms with van der Waals surface area (Å²) in [5.41, 5.74) is 1.82. The third kappa shape index (κ3) is 4.62. The maximum Gasteiger partial charge on any atom is 0.246 e. The first-order chi connectivity index (χ1) is 14.6. The Bertz CT molecular complexity index is 1010. The van der Waals surface area contributed by atoms with Crippen molar-refractivity contribution in [2.24, 2.45) is 5.92 Å². The van der Waals surface area contributed by atoms with Gasteiger partial charge in [-0.2, -0.15) is 0 Å². The van der Waals surface area contributed by atoms with Crippen molar-refractivity contribution in [1.29, 1.82) is 0 Å². The zero-order chi connectivity index (χ0) is 20.9. The Hall–Kier alpha value is -3.34. The van der Waals surface area contributed by atoms with Gasteiger partial charge in [-0.15, -0.1) is 0 Å². The number of carbonyl (C=O) groups excluding carboxylic acids is 2. The van der Waals surface area contributed by atoms with Crippen molar-refractivity contribution < 1.29 is 14.0 Å². The number of nitrogens with one attached hydrogen (secondary N) is 1. The lowest BCUT2D eigenvalue weighted by Crippen LogP contribution is -2.43. The first kappa shape index (κ1) is 20.0. The summed E-state index contributed by atoms with van der Waals surface area (Å²) in [7, 11) is 0. The van der Waals surface area contributed by atoms with Gasteiger partial charge in [0, 0.05) is 30.5 Å². The quantitative estimate of drug-likeness (QED) is 0.636. The molecular formula is C25H26N2O3. The molecule has 1 atom stereocenters. The minimum Gasteiger partial charge on any atom is -0.459 e. The van der Waals surface area contributed by atoms with Crippen molar-refractivity contribution in [1.82, 2.24) is 10.2 Å². The lowest BCUT2D eigenvalue weighted by molar-refractivity contribution is -0.132. The van der Waals surface area contributed by atoms with E-state index in [0.29, 0.717) is 25.9 Å². The van der Waals surface area contributed by atoms with E-state index in [4.69, 9.17) is 4.42 Å². The molecule has 5 nitrogen and oxygen atoms in total. The molecule has 2 heterocycles. The molecule has 4 rings (SSSR count). The van der Waals surface area contributed by atoms with Gasteiger partial charge >= 0.3 is 0 Å². The molecule has 0 saturated carbocycles. The van der Waals surface area contributed by atoms with Crippen molar-refractivity contribution in [3.8, 4) is 0 Å². The summed E-state index contributed by atoms with van der Waals surface area (Å²) in [5, 5.41) is 4.10. The van der Waals surface area contributed by atoms with Crippen LogP contribution in [0.3, 0.4) is 0 Å². The Kier molecular flexibility index (Phi) is 5.98. The fraction of sp³-hybridized carbons (Fsp3) is 0.280. The zero-order valence-electron chi connectivity index (χ0n) is 17.1. The van der Waals surface area contributed by atoms with Gasteiger partial charge in [0.05, 0.1) is 6.04 Å². The van der Waals surface area contributed by atoms with Gasteiger partial charge in [0.25, 0.3) is 0 Å². The summed E-state index contributed by atoms with van der Waals surface area (Å²) in [6, 6.07) is 19.4. The summed E-state index contributed by atoms with van der Waals surface area (Å²) >= 11 is 0. The average Bonchev–Trinajstić information content (AvgIpc) is 3.23. The Balaban J connectivity index is 1.28. The van der Waals surface area contributed by atoms with Crippen LogP contribution >= 0.6 is 0 Å². The lowest BCUT2D eigenvalue weighted by Gasteiger charge is -2.31. The minimum absolute atomic E-state index is 0.00615. The highest BCUT2D eigenvalue weighted by Crippen LogP contribution is 2.25. The van der Waals surface area contributed by atoms with E-state index >= 15 is 0 Å². The van der Waals surface area contributed by atoms with E-state index in [1.54, 1.807) is 6.08 Å². The van der Waals surface area contributed by atoms with Crippen LogP contribution < -0.4 is 5.32 Å². The molecule has 3 aromatic rings.